The van der Waals surface area contributed by atoms with Crippen LogP contribution in [0.4, 0.5) is 5.82 Å². The number of aryl methyl sites for hydroxylation is 2. The van der Waals surface area contributed by atoms with Crippen molar-refractivity contribution in [2.45, 2.75) is 44.9 Å². The lowest BCUT2D eigenvalue weighted by Gasteiger charge is -2.11. The van der Waals surface area contributed by atoms with Gasteiger partial charge in [-0.25, -0.2) is 0 Å². The zero-order valence-electron chi connectivity index (χ0n) is 10.3. The first-order valence-corrected chi connectivity index (χ1v) is 6.61. The van der Waals surface area contributed by atoms with E-state index in [1.54, 1.807) is 0 Å². The van der Waals surface area contributed by atoms with Crippen molar-refractivity contribution < 1.29 is 4.79 Å². The summed E-state index contributed by atoms with van der Waals surface area (Å²) in [5, 5.41) is 7.57. The average molecular weight is 233 g/mol. The Labute approximate surface area is 101 Å². The Morgan fingerprint density at radius 2 is 2.06 bits per heavy atom. The van der Waals surface area contributed by atoms with Crippen LogP contribution in [0.15, 0.2) is 0 Å². The molecule has 1 N–H and O–H groups in total. The molecule has 2 aliphatic rings. The van der Waals surface area contributed by atoms with Gasteiger partial charge in [0.05, 0.1) is 5.69 Å². The van der Waals surface area contributed by atoms with Crippen LogP contribution >= 0.6 is 0 Å². The number of carbonyl (C=O) groups excluding carboxylic acids is 1. The number of nitrogens with one attached hydrogen (secondary N) is 1. The van der Waals surface area contributed by atoms with Crippen LogP contribution in [0.1, 0.15) is 43.4 Å². The minimum Gasteiger partial charge on any atom is -0.310 e. The molecule has 1 aromatic heterocycles. The van der Waals surface area contributed by atoms with Gasteiger partial charge >= 0.3 is 0 Å². The van der Waals surface area contributed by atoms with E-state index in [1.165, 1.54) is 30.5 Å². The van der Waals surface area contributed by atoms with Gasteiger partial charge in [0.15, 0.2) is 0 Å². The molecule has 0 spiro atoms. The van der Waals surface area contributed by atoms with Crippen LogP contribution in [0, 0.1) is 5.92 Å². The molecule has 0 radical (unpaired) electrons. The Kier molecular flexibility index (Phi) is 2.65. The van der Waals surface area contributed by atoms with Crippen molar-refractivity contribution in [1.82, 2.24) is 9.78 Å². The molecule has 17 heavy (non-hydrogen) atoms. The van der Waals surface area contributed by atoms with Gasteiger partial charge in [0.25, 0.3) is 0 Å². The molecule has 1 aromatic rings. The van der Waals surface area contributed by atoms with Gasteiger partial charge in [-0.3, -0.25) is 9.48 Å². The van der Waals surface area contributed by atoms with Gasteiger partial charge in [-0.05, 0) is 32.1 Å². The zero-order valence-corrected chi connectivity index (χ0v) is 10.3. The van der Waals surface area contributed by atoms with Crippen molar-refractivity contribution in [3.05, 3.63) is 11.3 Å². The number of rotatable bonds is 2. The highest BCUT2D eigenvalue weighted by Crippen LogP contribution is 2.30. The summed E-state index contributed by atoms with van der Waals surface area (Å²) in [4.78, 5) is 12.1. The number of hydrogen-bond donors (Lipinski definition) is 1. The first-order chi connectivity index (χ1) is 8.25. The molecule has 0 atom stereocenters. The van der Waals surface area contributed by atoms with E-state index in [4.69, 9.17) is 0 Å². The summed E-state index contributed by atoms with van der Waals surface area (Å²) >= 11 is 0. The van der Waals surface area contributed by atoms with E-state index in [1.807, 2.05) is 11.7 Å². The Morgan fingerprint density at radius 3 is 2.82 bits per heavy atom. The van der Waals surface area contributed by atoms with Crippen molar-refractivity contribution in [3.63, 3.8) is 0 Å². The van der Waals surface area contributed by atoms with Gasteiger partial charge in [0.2, 0.25) is 5.91 Å². The molecule has 3 rings (SSSR count). The Balaban J connectivity index is 1.78. The third-order valence-corrected chi connectivity index (χ3v) is 4.04. The maximum absolute atomic E-state index is 12.1. The van der Waals surface area contributed by atoms with E-state index in [2.05, 4.69) is 10.4 Å². The van der Waals surface area contributed by atoms with Crippen LogP contribution in [0.2, 0.25) is 0 Å². The summed E-state index contributed by atoms with van der Waals surface area (Å²) < 4.78 is 1.83. The Morgan fingerprint density at radius 1 is 1.29 bits per heavy atom. The molecule has 0 saturated heterocycles. The lowest BCUT2D eigenvalue weighted by molar-refractivity contribution is -0.119. The van der Waals surface area contributed by atoms with Gasteiger partial charge in [0.1, 0.15) is 5.82 Å². The van der Waals surface area contributed by atoms with Crippen LogP contribution in [0.5, 0.6) is 0 Å². The minimum absolute atomic E-state index is 0.195. The third kappa shape index (κ3) is 1.85. The molecule has 2 aliphatic carbocycles. The van der Waals surface area contributed by atoms with Crippen LogP contribution in [0.25, 0.3) is 0 Å². The minimum atomic E-state index is 0.195. The maximum atomic E-state index is 12.1. The van der Waals surface area contributed by atoms with Crippen molar-refractivity contribution >= 4 is 11.7 Å². The standard InChI is InChI=1S/C13H19N3O/c1-16-12(10-7-4-8-11(10)15-16)14-13(17)9-5-2-3-6-9/h9H,2-8H2,1H3,(H,14,17). The quantitative estimate of drug-likeness (QED) is 0.849. The molecule has 4 nitrogen and oxygen atoms in total. The summed E-state index contributed by atoms with van der Waals surface area (Å²) in [5.74, 6) is 1.36. The van der Waals surface area contributed by atoms with E-state index in [9.17, 15) is 4.79 Å². The first kappa shape index (κ1) is 10.8. The fourth-order valence-electron chi connectivity index (χ4n) is 3.08. The molecule has 1 heterocycles. The molecule has 0 aromatic carbocycles. The second kappa shape index (κ2) is 4.17. The van der Waals surface area contributed by atoms with Crippen LogP contribution in [-0.2, 0) is 24.7 Å². The molecule has 4 heteroatoms. The Bertz CT molecular complexity index is 444. The summed E-state index contributed by atoms with van der Waals surface area (Å²) in [6, 6.07) is 0. The van der Waals surface area contributed by atoms with Crippen molar-refractivity contribution in [2.24, 2.45) is 13.0 Å². The van der Waals surface area contributed by atoms with Crippen molar-refractivity contribution in [3.8, 4) is 0 Å². The number of amides is 1. The lowest BCUT2D eigenvalue weighted by atomic mass is 10.1. The molecule has 0 aliphatic heterocycles. The second-order valence-corrected chi connectivity index (χ2v) is 5.22. The van der Waals surface area contributed by atoms with Gasteiger partial charge in [0, 0.05) is 18.5 Å². The first-order valence-electron chi connectivity index (χ1n) is 6.61. The fraction of sp³-hybridized carbons (Fsp3) is 0.692. The predicted octanol–water partition coefficient (Wildman–Crippen LogP) is 2.04. The summed E-state index contributed by atoms with van der Waals surface area (Å²) in [6.07, 6.45) is 7.78. The van der Waals surface area contributed by atoms with Crippen LogP contribution in [0.3, 0.4) is 0 Å². The lowest BCUT2D eigenvalue weighted by Crippen LogP contribution is -2.22. The zero-order chi connectivity index (χ0) is 11.8. The van der Waals surface area contributed by atoms with Gasteiger partial charge < -0.3 is 5.32 Å². The second-order valence-electron chi connectivity index (χ2n) is 5.22. The van der Waals surface area contributed by atoms with Crippen LogP contribution in [-0.4, -0.2) is 15.7 Å². The van der Waals surface area contributed by atoms with E-state index in [-0.39, 0.29) is 11.8 Å². The van der Waals surface area contributed by atoms with Crippen LogP contribution < -0.4 is 5.32 Å². The highest BCUT2D eigenvalue weighted by Gasteiger charge is 2.26. The molecule has 0 bridgehead atoms. The summed E-state index contributed by atoms with van der Waals surface area (Å²) in [6.45, 7) is 0. The highest BCUT2D eigenvalue weighted by atomic mass is 16.2. The molecule has 1 amide bonds. The largest absolute Gasteiger partial charge is 0.310 e. The average Bonchev–Trinajstić information content (AvgIpc) is 2.98. The van der Waals surface area contributed by atoms with E-state index >= 15 is 0 Å². The Hall–Kier alpha value is -1.32. The molecule has 92 valence electrons. The monoisotopic (exact) mass is 233 g/mol. The van der Waals surface area contributed by atoms with E-state index in [0.717, 1.165) is 31.5 Å². The molecular formula is C13H19N3O. The predicted molar refractivity (Wildman–Crippen MR) is 65.8 cm³/mol. The SMILES string of the molecule is Cn1nc2c(c1NC(=O)C1CCCC1)CCC2. The normalized spacial score (nSPS) is 19.6. The third-order valence-electron chi connectivity index (χ3n) is 4.04. The van der Waals surface area contributed by atoms with Gasteiger partial charge in [-0.2, -0.15) is 5.10 Å². The molecule has 1 saturated carbocycles. The van der Waals surface area contributed by atoms with Gasteiger partial charge in [-0.15, -0.1) is 0 Å². The summed E-state index contributed by atoms with van der Waals surface area (Å²) in [7, 11) is 1.92. The molecule has 0 unspecified atom stereocenters. The van der Waals surface area contributed by atoms with Crippen molar-refractivity contribution in [2.75, 3.05) is 5.32 Å². The van der Waals surface area contributed by atoms with Gasteiger partial charge in [-0.1, -0.05) is 12.8 Å². The van der Waals surface area contributed by atoms with E-state index < -0.39 is 0 Å². The maximum Gasteiger partial charge on any atom is 0.228 e. The highest BCUT2D eigenvalue weighted by molar-refractivity contribution is 5.92. The fourth-order valence-corrected chi connectivity index (χ4v) is 3.08. The number of carbonyl (C=O) groups is 1. The number of fused-ring (bicyclic) bond motifs is 1. The smallest absolute Gasteiger partial charge is 0.228 e. The number of hydrogen-bond acceptors (Lipinski definition) is 2. The summed E-state index contributed by atoms with van der Waals surface area (Å²) in [5.41, 5.74) is 2.44. The molecular weight excluding hydrogens is 214 g/mol. The number of anilines is 1. The topological polar surface area (TPSA) is 46.9 Å². The molecule has 1 fully saturated rings. The van der Waals surface area contributed by atoms with Crippen molar-refractivity contribution in [1.29, 1.82) is 0 Å². The number of nitrogens with zero attached hydrogens (tertiary/aromatic N) is 2. The van der Waals surface area contributed by atoms with E-state index in [0.29, 0.717) is 0 Å². The number of aromatic nitrogens is 2.